The number of carbonyl (C=O) groups is 3. The summed E-state index contributed by atoms with van der Waals surface area (Å²) in [6.07, 6.45) is 1.44. The molecule has 0 saturated heterocycles. The Balaban J connectivity index is 1.75. The van der Waals surface area contributed by atoms with Crippen LogP contribution in [-0.4, -0.2) is 31.4 Å². The number of methoxy groups -OCH3 is 1. The monoisotopic (exact) mass is 382 g/mol. The van der Waals surface area contributed by atoms with Gasteiger partial charge in [0.2, 0.25) is 0 Å². The first-order valence-electron chi connectivity index (χ1n) is 8.81. The number of benzene rings is 2. The van der Waals surface area contributed by atoms with Gasteiger partial charge in [0, 0.05) is 18.7 Å². The number of nitrogens with zero attached hydrogens (tertiary/aromatic N) is 2. The first-order chi connectivity index (χ1) is 13.6. The summed E-state index contributed by atoms with van der Waals surface area (Å²) in [5, 5.41) is 13.2. The van der Waals surface area contributed by atoms with E-state index in [2.05, 4.69) is 25.6 Å². The Morgan fingerprint density at radius 2 is 1.50 bits per heavy atom. The molecule has 0 radical (unpaired) electrons. The fourth-order valence-electron chi connectivity index (χ4n) is 2.19. The summed E-state index contributed by atoms with van der Waals surface area (Å²) in [5.41, 5.74) is 1.84. The van der Waals surface area contributed by atoms with Gasteiger partial charge >= 0.3 is 17.8 Å². The van der Waals surface area contributed by atoms with Gasteiger partial charge in [-0.05, 0) is 49.2 Å². The van der Waals surface area contributed by atoms with Crippen molar-refractivity contribution in [2.75, 3.05) is 19.0 Å². The molecule has 2 N–H and O–H groups in total. The lowest BCUT2D eigenvalue weighted by molar-refractivity contribution is -0.140. The zero-order valence-corrected chi connectivity index (χ0v) is 15.6. The number of rotatable bonds is 8. The number of unbranched alkanes of at least 4 members (excludes halogenated alkanes) is 1. The molecule has 0 aliphatic heterocycles. The summed E-state index contributed by atoms with van der Waals surface area (Å²) in [5.74, 6) is -1.78. The minimum Gasteiger partial charge on any atom is -0.469 e. The minimum atomic E-state index is -0.758. The Morgan fingerprint density at radius 1 is 0.857 bits per heavy atom. The second-order valence-corrected chi connectivity index (χ2v) is 5.83. The first-order valence-corrected chi connectivity index (χ1v) is 8.81. The largest absolute Gasteiger partial charge is 0.469 e. The van der Waals surface area contributed by atoms with Gasteiger partial charge in [-0.15, -0.1) is 0 Å². The van der Waals surface area contributed by atoms with Crippen LogP contribution in [0.5, 0.6) is 0 Å². The molecule has 0 saturated carbocycles. The number of amides is 2. The number of ether oxygens (including phenoxy) is 1. The van der Waals surface area contributed by atoms with Gasteiger partial charge in [-0.1, -0.05) is 18.2 Å². The molecule has 0 bridgehead atoms. The van der Waals surface area contributed by atoms with Crippen molar-refractivity contribution in [2.45, 2.75) is 19.3 Å². The van der Waals surface area contributed by atoms with Crippen molar-refractivity contribution in [3.8, 4) is 0 Å². The topological polar surface area (TPSA) is 109 Å². The van der Waals surface area contributed by atoms with E-state index in [0.717, 1.165) is 5.69 Å². The Labute approximate surface area is 163 Å². The zero-order chi connectivity index (χ0) is 20.2. The lowest BCUT2D eigenvalue weighted by atomic mass is 10.2. The molecule has 2 rings (SSSR count). The third-order valence-corrected chi connectivity index (χ3v) is 3.69. The molecule has 0 unspecified atom stereocenters. The standard InChI is InChI=1S/C20H22N4O4/c1-28-18(25)9-5-6-14-21-19(26)20(27)22-15-10-12-17(13-11-15)24-23-16-7-3-2-4-8-16/h2-4,7-8,10-13H,5-6,9,14H2,1H3,(H,21,26)(H,22,27). The van der Waals surface area contributed by atoms with Gasteiger partial charge in [0.05, 0.1) is 18.5 Å². The number of anilines is 1. The number of esters is 1. The highest BCUT2D eigenvalue weighted by molar-refractivity contribution is 6.39. The fourth-order valence-corrected chi connectivity index (χ4v) is 2.19. The minimum absolute atomic E-state index is 0.284. The smallest absolute Gasteiger partial charge is 0.313 e. The SMILES string of the molecule is COC(=O)CCCCNC(=O)C(=O)Nc1ccc(N=Nc2ccccc2)cc1. The summed E-state index contributed by atoms with van der Waals surface area (Å²) in [7, 11) is 1.33. The van der Waals surface area contributed by atoms with Gasteiger partial charge in [0.25, 0.3) is 0 Å². The third-order valence-electron chi connectivity index (χ3n) is 3.69. The highest BCUT2D eigenvalue weighted by Crippen LogP contribution is 2.19. The average Bonchev–Trinajstić information content (AvgIpc) is 2.73. The van der Waals surface area contributed by atoms with Gasteiger partial charge in [0.15, 0.2) is 0 Å². The number of nitrogens with one attached hydrogen (secondary N) is 2. The Morgan fingerprint density at radius 3 is 2.14 bits per heavy atom. The molecule has 0 atom stereocenters. The van der Waals surface area contributed by atoms with Gasteiger partial charge < -0.3 is 15.4 Å². The highest BCUT2D eigenvalue weighted by atomic mass is 16.5. The number of hydrogen-bond acceptors (Lipinski definition) is 6. The van der Waals surface area contributed by atoms with Crippen molar-refractivity contribution >= 4 is 34.8 Å². The molecule has 28 heavy (non-hydrogen) atoms. The average molecular weight is 382 g/mol. The molecule has 2 aromatic carbocycles. The van der Waals surface area contributed by atoms with Crippen LogP contribution < -0.4 is 10.6 Å². The van der Waals surface area contributed by atoms with Crippen LogP contribution in [0.3, 0.4) is 0 Å². The summed E-state index contributed by atoms with van der Waals surface area (Å²) in [6.45, 7) is 0.308. The van der Waals surface area contributed by atoms with E-state index in [9.17, 15) is 14.4 Å². The molecular weight excluding hydrogens is 360 g/mol. The van der Waals surface area contributed by atoms with Crippen LogP contribution in [0.25, 0.3) is 0 Å². The summed E-state index contributed by atoms with van der Waals surface area (Å²) in [6, 6.07) is 16.0. The van der Waals surface area contributed by atoms with Gasteiger partial charge in [0.1, 0.15) is 0 Å². The van der Waals surface area contributed by atoms with E-state index < -0.39 is 11.8 Å². The second-order valence-electron chi connectivity index (χ2n) is 5.83. The molecule has 0 fully saturated rings. The molecule has 0 aliphatic rings. The molecule has 8 nitrogen and oxygen atoms in total. The molecule has 0 spiro atoms. The van der Waals surface area contributed by atoms with Gasteiger partial charge in [-0.3, -0.25) is 14.4 Å². The maximum Gasteiger partial charge on any atom is 0.313 e. The van der Waals surface area contributed by atoms with Crippen LogP contribution in [0.4, 0.5) is 17.1 Å². The van der Waals surface area contributed by atoms with E-state index in [4.69, 9.17) is 0 Å². The van der Waals surface area contributed by atoms with Crippen molar-refractivity contribution < 1.29 is 19.1 Å². The summed E-state index contributed by atoms with van der Waals surface area (Å²) >= 11 is 0. The quantitative estimate of drug-likeness (QED) is 0.315. The normalized spacial score (nSPS) is 10.5. The van der Waals surface area contributed by atoms with Gasteiger partial charge in [-0.25, -0.2) is 0 Å². The number of hydrogen-bond donors (Lipinski definition) is 2. The predicted molar refractivity (Wildman–Crippen MR) is 105 cm³/mol. The Hall–Kier alpha value is -3.55. The zero-order valence-electron chi connectivity index (χ0n) is 15.6. The number of carbonyl (C=O) groups excluding carboxylic acids is 3. The number of azo groups is 1. The molecule has 8 heteroatoms. The second kappa shape index (κ2) is 11.2. The van der Waals surface area contributed by atoms with E-state index in [0.29, 0.717) is 30.8 Å². The van der Waals surface area contributed by atoms with E-state index in [1.54, 1.807) is 24.3 Å². The summed E-state index contributed by atoms with van der Waals surface area (Å²) < 4.78 is 4.53. The molecule has 0 heterocycles. The van der Waals surface area contributed by atoms with Crippen molar-refractivity contribution in [3.63, 3.8) is 0 Å². The van der Waals surface area contributed by atoms with Gasteiger partial charge in [-0.2, -0.15) is 10.2 Å². The Kier molecular flexibility index (Phi) is 8.32. The molecule has 146 valence electrons. The van der Waals surface area contributed by atoms with Crippen LogP contribution in [0, 0.1) is 0 Å². The van der Waals surface area contributed by atoms with E-state index in [1.807, 2.05) is 30.3 Å². The molecular formula is C20H22N4O4. The fraction of sp³-hybridized carbons (Fsp3) is 0.250. The van der Waals surface area contributed by atoms with Crippen molar-refractivity contribution in [1.29, 1.82) is 0 Å². The predicted octanol–water partition coefficient (Wildman–Crippen LogP) is 3.50. The van der Waals surface area contributed by atoms with Crippen LogP contribution >= 0.6 is 0 Å². The van der Waals surface area contributed by atoms with Crippen molar-refractivity contribution in [2.24, 2.45) is 10.2 Å². The van der Waals surface area contributed by atoms with Crippen LogP contribution in [0.1, 0.15) is 19.3 Å². The summed E-state index contributed by atoms with van der Waals surface area (Å²) in [4.78, 5) is 34.6. The molecule has 0 aliphatic carbocycles. The maximum atomic E-state index is 11.9. The van der Waals surface area contributed by atoms with Crippen LogP contribution in [0.2, 0.25) is 0 Å². The van der Waals surface area contributed by atoms with Crippen LogP contribution in [0.15, 0.2) is 64.8 Å². The lowest BCUT2D eigenvalue weighted by Crippen LogP contribution is -2.35. The highest BCUT2D eigenvalue weighted by Gasteiger charge is 2.13. The molecule has 2 aromatic rings. The van der Waals surface area contributed by atoms with E-state index in [-0.39, 0.29) is 12.4 Å². The molecule has 0 aromatic heterocycles. The van der Waals surface area contributed by atoms with Crippen LogP contribution in [-0.2, 0) is 19.1 Å². The first kappa shape index (κ1) is 20.8. The lowest BCUT2D eigenvalue weighted by Gasteiger charge is -2.06. The van der Waals surface area contributed by atoms with Crippen molar-refractivity contribution in [1.82, 2.24) is 5.32 Å². The molecule has 2 amide bonds. The Bertz CT molecular complexity index is 820. The van der Waals surface area contributed by atoms with Crippen molar-refractivity contribution in [3.05, 3.63) is 54.6 Å². The van der Waals surface area contributed by atoms with E-state index >= 15 is 0 Å². The maximum absolute atomic E-state index is 11.9. The van der Waals surface area contributed by atoms with E-state index in [1.165, 1.54) is 7.11 Å². The third kappa shape index (κ3) is 7.36.